The van der Waals surface area contributed by atoms with Gasteiger partial charge < -0.3 is 25.4 Å². The third kappa shape index (κ3) is 6.13. The highest BCUT2D eigenvalue weighted by Crippen LogP contribution is 2.36. The monoisotopic (exact) mass is 365 g/mol. The Hall–Kier alpha value is -1.70. The van der Waals surface area contributed by atoms with Gasteiger partial charge in [-0.3, -0.25) is 9.59 Å². The van der Waals surface area contributed by atoms with Gasteiger partial charge in [0.2, 0.25) is 0 Å². The molecule has 9 heteroatoms. The van der Waals surface area contributed by atoms with Crippen LogP contribution < -0.4 is 20.5 Å². The molecule has 0 aliphatic heterocycles. The Morgan fingerprint density at radius 2 is 2.04 bits per heavy atom. The summed E-state index contributed by atoms with van der Waals surface area (Å²) in [6.07, 6.45) is 0. The molecule has 0 spiro atoms. The van der Waals surface area contributed by atoms with Crippen LogP contribution in [-0.4, -0.2) is 57.6 Å². The highest BCUT2D eigenvalue weighted by atomic mass is 35.5. The number of ether oxygens (including phenoxy) is 2. The van der Waals surface area contributed by atoms with Crippen LogP contribution in [0.1, 0.15) is 10.4 Å². The SMILES string of the molecule is CNCCN(C)C(=O)c1cc(Cl)c(OCC(N)=O)c(OC)c1.Cl. The molecule has 0 atom stereocenters. The molecule has 130 valence electrons. The number of hydrogen-bond donors (Lipinski definition) is 2. The summed E-state index contributed by atoms with van der Waals surface area (Å²) in [5.41, 5.74) is 5.40. The van der Waals surface area contributed by atoms with Crippen molar-refractivity contribution in [2.24, 2.45) is 5.73 Å². The lowest BCUT2D eigenvalue weighted by Gasteiger charge is -2.18. The Labute approximate surface area is 146 Å². The molecule has 0 aliphatic carbocycles. The minimum atomic E-state index is -0.634. The molecule has 0 heterocycles. The van der Waals surface area contributed by atoms with Crippen molar-refractivity contribution in [3.8, 4) is 11.5 Å². The number of nitrogens with two attached hydrogens (primary N) is 1. The van der Waals surface area contributed by atoms with Crippen molar-refractivity contribution in [3.63, 3.8) is 0 Å². The highest BCUT2D eigenvalue weighted by molar-refractivity contribution is 6.32. The van der Waals surface area contributed by atoms with Gasteiger partial charge in [-0.05, 0) is 19.2 Å². The molecule has 0 bridgehead atoms. The van der Waals surface area contributed by atoms with E-state index in [0.717, 1.165) is 0 Å². The number of likely N-dealkylation sites (N-methyl/N-ethyl adjacent to an activating group) is 2. The number of carbonyl (C=O) groups is 2. The van der Waals surface area contributed by atoms with Gasteiger partial charge in [0.1, 0.15) is 0 Å². The van der Waals surface area contributed by atoms with E-state index in [9.17, 15) is 9.59 Å². The summed E-state index contributed by atoms with van der Waals surface area (Å²) in [6, 6.07) is 2.99. The van der Waals surface area contributed by atoms with Gasteiger partial charge in [0.05, 0.1) is 12.1 Å². The van der Waals surface area contributed by atoms with Crippen LogP contribution in [0.3, 0.4) is 0 Å². The average molecular weight is 366 g/mol. The zero-order valence-corrected chi connectivity index (χ0v) is 14.8. The van der Waals surface area contributed by atoms with Crippen molar-refractivity contribution in [3.05, 3.63) is 22.7 Å². The van der Waals surface area contributed by atoms with Crippen LogP contribution in [0.2, 0.25) is 5.02 Å². The van der Waals surface area contributed by atoms with Crippen LogP contribution in [0.15, 0.2) is 12.1 Å². The molecule has 1 aromatic carbocycles. The first kappa shape index (κ1) is 21.3. The summed E-state index contributed by atoms with van der Waals surface area (Å²) in [6.45, 7) is 0.896. The number of hydrogen-bond acceptors (Lipinski definition) is 5. The Balaban J connectivity index is 0.00000484. The molecule has 7 nitrogen and oxygen atoms in total. The smallest absolute Gasteiger partial charge is 0.255 e. The molecule has 1 aromatic rings. The predicted octanol–water partition coefficient (Wildman–Crippen LogP) is 0.926. The molecule has 0 aliphatic rings. The quantitative estimate of drug-likeness (QED) is 0.714. The molecular weight excluding hydrogens is 345 g/mol. The lowest BCUT2D eigenvalue weighted by molar-refractivity contribution is -0.119. The van der Waals surface area contributed by atoms with E-state index >= 15 is 0 Å². The molecule has 0 fully saturated rings. The van der Waals surface area contributed by atoms with Crippen LogP contribution in [0.5, 0.6) is 11.5 Å². The van der Waals surface area contributed by atoms with Gasteiger partial charge in [0.15, 0.2) is 18.1 Å². The van der Waals surface area contributed by atoms with Crippen molar-refractivity contribution < 1.29 is 19.1 Å². The van der Waals surface area contributed by atoms with Gasteiger partial charge >= 0.3 is 0 Å². The number of methoxy groups -OCH3 is 1. The number of nitrogens with one attached hydrogen (secondary N) is 1. The number of carbonyl (C=O) groups excluding carboxylic acids is 2. The van der Waals surface area contributed by atoms with E-state index in [1.165, 1.54) is 19.2 Å². The Bertz CT molecular complexity index is 555. The van der Waals surface area contributed by atoms with Crippen molar-refractivity contribution in [2.75, 3.05) is 40.9 Å². The number of primary amides is 1. The van der Waals surface area contributed by atoms with Crippen molar-refractivity contribution >= 4 is 35.8 Å². The summed E-state index contributed by atoms with van der Waals surface area (Å²) >= 11 is 6.11. The Morgan fingerprint density at radius 1 is 1.39 bits per heavy atom. The van der Waals surface area contributed by atoms with E-state index in [1.54, 1.807) is 11.9 Å². The first-order valence-corrected chi connectivity index (χ1v) is 6.97. The van der Waals surface area contributed by atoms with Crippen LogP contribution in [0, 0.1) is 0 Å². The van der Waals surface area contributed by atoms with Gasteiger partial charge in [-0.15, -0.1) is 12.4 Å². The first-order chi connectivity index (χ1) is 10.4. The summed E-state index contributed by atoms with van der Waals surface area (Å²) in [5, 5.41) is 3.14. The summed E-state index contributed by atoms with van der Waals surface area (Å²) in [4.78, 5) is 24.7. The number of benzene rings is 1. The van der Waals surface area contributed by atoms with E-state index in [2.05, 4.69) is 5.32 Å². The lowest BCUT2D eigenvalue weighted by atomic mass is 10.1. The minimum Gasteiger partial charge on any atom is -0.493 e. The summed E-state index contributed by atoms with van der Waals surface area (Å²) in [7, 11) is 4.92. The number of halogens is 2. The van der Waals surface area contributed by atoms with Crippen LogP contribution in [0.4, 0.5) is 0 Å². The maximum atomic E-state index is 12.3. The fourth-order valence-corrected chi connectivity index (χ4v) is 1.99. The summed E-state index contributed by atoms with van der Waals surface area (Å²) < 4.78 is 10.4. The minimum absolute atomic E-state index is 0. The molecule has 0 radical (unpaired) electrons. The van der Waals surface area contributed by atoms with Gasteiger partial charge in [-0.2, -0.15) is 0 Å². The molecule has 0 aromatic heterocycles. The van der Waals surface area contributed by atoms with Crippen molar-refractivity contribution in [2.45, 2.75) is 0 Å². The molecule has 2 amide bonds. The molecule has 23 heavy (non-hydrogen) atoms. The first-order valence-electron chi connectivity index (χ1n) is 6.59. The molecule has 0 saturated carbocycles. The average Bonchev–Trinajstić information content (AvgIpc) is 2.49. The third-order valence-electron chi connectivity index (χ3n) is 2.88. The normalized spacial score (nSPS) is 9.74. The summed E-state index contributed by atoms with van der Waals surface area (Å²) in [5.74, 6) is -0.390. The van der Waals surface area contributed by atoms with E-state index in [1.807, 2.05) is 7.05 Å². The molecule has 0 saturated heterocycles. The lowest BCUT2D eigenvalue weighted by Crippen LogP contribution is -2.32. The second-order valence-electron chi connectivity index (χ2n) is 4.57. The van der Waals surface area contributed by atoms with Crippen LogP contribution in [0.25, 0.3) is 0 Å². The van der Waals surface area contributed by atoms with Gasteiger partial charge in [-0.1, -0.05) is 11.6 Å². The Kier molecular flexibility index (Phi) is 9.40. The fraction of sp³-hybridized carbons (Fsp3) is 0.429. The van der Waals surface area contributed by atoms with Crippen molar-refractivity contribution in [1.29, 1.82) is 0 Å². The Morgan fingerprint density at radius 3 is 2.57 bits per heavy atom. The van der Waals surface area contributed by atoms with Gasteiger partial charge in [-0.25, -0.2) is 0 Å². The molecule has 0 unspecified atom stereocenters. The largest absolute Gasteiger partial charge is 0.493 e. The van der Waals surface area contributed by atoms with Crippen molar-refractivity contribution in [1.82, 2.24) is 10.2 Å². The molecular formula is C14H21Cl2N3O4. The highest BCUT2D eigenvalue weighted by Gasteiger charge is 2.18. The van der Waals surface area contributed by atoms with Crippen LogP contribution >= 0.6 is 24.0 Å². The van der Waals surface area contributed by atoms with E-state index in [-0.39, 0.29) is 41.4 Å². The standard InChI is InChI=1S/C14H20ClN3O4.ClH/c1-17-4-5-18(2)14(20)9-6-10(15)13(11(7-9)21-3)22-8-12(16)19;/h6-7,17H,4-5,8H2,1-3H3,(H2,16,19);1H. The van der Waals surface area contributed by atoms with Gasteiger partial charge in [0, 0.05) is 25.7 Å². The van der Waals surface area contributed by atoms with Gasteiger partial charge in [0.25, 0.3) is 11.8 Å². The van der Waals surface area contributed by atoms with E-state index in [0.29, 0.717) is 18.7 Å². The zero-order valence-electron chi connectivity index (χ0n) is 13.2. The number of rotatable bonds is 8. The zero-order chi connectivity index (χ0) is 16.7. The molecule has 1 rings (SSSR count). The van der Waals surface area contributed by atoms with E-state index in [4.69, 9.17) is 26.8 Å². The third-order valence-corrected chi connectivity index (χ3v) is 3.16. The maximum absolute atomic E-state index is 12.3. The maximum Gasteiger partial charge on any atom is 0.255 e. The second-order valence-corrected chi connectivity index (χ2v) is 4.98. The molecule has 3 N–H and O–H groups in total. The van der Waals surface area contributed by atoms with Crippen LogP contribution in [-0.2, 0) is 4.79 Å². The topological polar surface area (TPSA) is 93.9 Å². The second kappa shape index (κ2) is 10.1. The number of amides is 2. The van der Waals surface area contributed by atoms with E-state index < -0.39 is 5.91 Å². The predicted molar refractivity (Wildman–Crippen MR) is 90.8 cm³/mol. The number of nitrogens with zero attached hydrogens (tertiary/aromatic N) is 1. The fourth-order valence-electron chi connectivity index (χ4n) is 1.73.